The Morgan fingerprint density at radius 3 is 2.45 bits per heavy atom. The van der Waals surface area contributed by atoms with Gasteiger partial charge in [0.15, 0.2) is 0 Å². The summed E-state index contributed by atoms with van der Waals surface area (Å²) in [5, 5.41) is 18.3. The Morgan fingerprint density at radius 1 is 1.03 bits per heavy atom. The van der Waals surface area contributed by atoms with Crippen molar-refractivity contribution in [2.75, 3.05) is 25.7 Å². The molecule has 1 atom stereocenters. The molecule has 3 aromatic rings. The number of aliphatic hydroxyl groups is 1. The maximum absolute atomic E-state index is 12.2. The number of hydrogen-bond donors (Lipinski definition) is 1. The van der Waals surface area contributed by atoms with Crippen LogP contribution in [0.15, 0.2) is 94.8 Å². The largest absolute Gasteiger partial charge is 0.497 e. The van der Waals surface area contributed by atoms with Crippen LogP contribution in [-0.4, -0.2) is 44.0 Å². The van der Waals surface area contributed by atoms with Crippen molar-refractivity contribution in [3.05, 3.63) is 107 Å². The maximum atomic E-state index is 12.2. The van der Waals surface area contributed by atoms with Crippen molar-refractivity contribution in [1.29, 1.82) is 0 Å². The third-order valence-corrected chi connectivity index (χ3v) is 6.65. The van der Waals surface area contributed by atoms with Gasteiger partial charge in [-0.2, -0.15) is 5.10 Å². The molecule has 4 rings (SSSR count). The summed E-state index contributed by atoms with van der Waals surface area (Å²) in [4.78, 5) is 14.4. The van der Waals surface area contributed by atoms with E-state index in [9.17, 15) is 9.90 Å². The summed E-state index contributed by atoms with van der Waals surface area (Å²) in [6.07, 6.45) is 4.16. The molecule has 1 radical (unpaired) electrons. The fourth-order valence-corrected chi connectivity index (χ4v) is 4.86. The van der Waals surface area contributed by atoms with E-state index in [-0.39, 0.29) is 28.6 Å². The van der Waals surface area contributed by atoms with Gasteiger partial charge in [-0.05, 0) is 79.9 Å². The van der Waals surface area contributed by atoms with Crippen LogP contribution in [0.5, 0.6) is 5.75 Å². The molecule has 3 aromatic carbocycles. The van der Waals surface area contributed by atoms with E-state index in [2.05, 4.69) is 41.1 Å². The summed E-state index contributed by atoms with van der Waals surface area (Å²) < 4.78 is 10.5. The van der Waals surface area contributed by atoms with E-state index in [0.717, 1.165) is 34.8 Å². The van der Waals surface area contributed by atoms with Gasteiger partial charge in [0, 0.05) is 45.7 Å². The van der Waals surface area contributed by atoms with E-state index in [1.807, 2.05) is 48.5 Å². The Balaban J connectivity index is 0.00000400. The standard InChI is InChI=1S/C30H31N3O4.Co/c1-5-33-26-15-14-24(36-3)19-25(26)30(2,20-21-10-9-13-23(18-21)29(35)37-4)27(33)16-17-31-32-28(34)22-11-7-6-8-12-22;/h6-19H,5,20H2,1-4H3,(H,32,34);/b27-16-,31-17+;. The number of methoxy groups -OCH3 is 2. The quantitative estimate of drug-likeness (QED) is 0.167. The number of likely N-dealkylation sites (N-methyl/N-ethyl adjacent to an activating group) is 1. The third-order valence-electron chi connectivity index (χ3n) is 6.65. The Hall–Kier alpha value is -3.88. The van der Waals surface area contributed by atoms with Gasteiger partial charge in [0.25, 0.3) is 0 Å². The predicted octanol–water partition coefficient (Wildman–Crippen LogP) is 5.69. The Labute approximate surface area is 233 Å². The van der Waals surface area contributed by atoms with E-state index in [0.29, 0.717) is 17.5 Å². The molecule has 8 heteroatoms. The molecule has 38 heavy (non-hydrogen) atoms. The van der Waals surface area contributed by atoms with Crippen molar-refractivity contribution in [2.45, 2.75) is 25.7 Å². The van der Waals surface area contributed by atoms with Gasteiger partial charge >= 0.3 is 5.97 Å². The molecule has 0 fully saturated rings. The van der Waals surface area contributed by atoms with Gasteiger partial charge in [-0.3, -0.25) is 0 Å². The molecule has 1 aliphatic heterocycles. The average Bonchev–Trinajstić information content (AvgIpc) is 3.17. The first-order chi connectivity index (χ1) is 17.9. The number of nitrogens with zero attached hydrogens (tertiary/aromatic N) is 3. The van der Waals surface area contributed by atoms with Crippen LogP contribution in [0.2, 0.25) is 0 Å². The molecule has 1 unspecified atom stereocenters. The van der Waals surface area contributed by atoms with Gasteiger partial charge in [-0.25, -0.2) is 4.79 Å². The number of ether oxygens (including phenoxy) is 2. The number of carbonyl (C=O) groups is 1. The zero-order valence-electron chi connectivity index (χ0n) is 21.8. The molecule has 0 amide bonds. The molecule has 0 bridgehead atoms. The van der Waals surface area contributed by atoms with Crippen molar-refractivity contribution in [3.8, 4) is 5.75 Å². The van der Waals surface area contributed by atoms with Crippen LogP contribution < -0.4 is 9.64 Å². The molecule has 7 nitrogen and oxygen atoms in total. The number of fused-ring (bicyclic) bond motifs is 1. The molecule has 1 heterocycles. The molecular formula is C30H31CoN3O4. The second-order valence-electron chi connectivity index (χ2n) is 8.93. The van der Waals surface area contributed by atoms with Crippen molar-refractivity contribution >= 4 is 23.8 Å². The van der Waals surface area contributed by atoms with Crippen LogP contribution in [0.3, 0.4) is 0 Å². The van der Waals surface area contributed by atoms with Gasteiger partial charge in [0.05, 0.1) is 26.0 Å². The Kier molecular flexibility index (Phi) is 9.49. The normalized spacial score (nSPS) is 17.8. The van der Waals surface area contributed by atoms with Gasteiger partial charge in [-0.1, -0.05) is 30.3 Å². The first-order valence-corrected chi connectivity index (χ1v) is 12.1. The number of carbonyl (C=O) groups excluding carboxylic acids is 1. The summed E-state index contributed by atoms with van der Waals surface area (Å²) >= 11 is 0. The molecule has 0 aliphatic carbocycles. The van der Waals surface area contributed by atoms with Crippen molar-refractivity contribution < 1.29 is 36.2 Å². The first kappa shape index (κ1) is 28.7. The van der Waals surface area contributed by atoms with E-state index in [1.54, 1.807) is 31.5 Å². The Morgan fingerprint density at radius 2 is 1.76 bits per heavy atom. The van der Waals surface area contributed by atoms with Crippen LogP contribution in [-0.2, 0) is 33.4 Å². The molecule has 0 saturated heterocycles. The topological polar surface area (TPSA) is 83.7 Å². The van der Waals surface area contributed by atoms with Crippen LogP contribution >= 0.6 is 0 Å². The molecule has 0 saturated carbocycles. The number of benzene rings is 3. The van der Waals surface area contributed by atoms with Crippen LogP contribution in [0.25, 0.3) is 0 Å². The zero-order chi connectivity index (χ0) is 26.4. The number of esters is 1. The van der Waals surface area contributed by atoms with Crippen LogP contribution in [0.4, 0.5) is 5.69 Å². The minimum Gasteiger partial charge on any atom is -0.497 e. The first-order valence-electron chi connectivity index (χ1n) is 12.1. The molecule has 1 N–H and O–H groups in total. The second kappa shape index (κ2) is 12.6. The number of hydrogen-bond acceptors (Lipinski definition) is 6. The fraction of sp³-hybridized carbons (Fsp3) is 0.233. The van der Waals surface area contributed by atoms with Crippen molar-refractivity contribution in [3.63, 3.8) is 0 Å². The van der Waals surface area contributed by atoms with Gasteiger partial charge in [0.1, 0.15) is 5.75 Å². The molecule has 0 aromatic heterocycles. The maximum Gasteiger partial charge on any atom is 0.337 e. The van der Waals surface area contributed by atoms with E-state index in [1.165, 1.54) is 7.11 Å². The minimum atomic E-state index is -0.453. The van der Waals surface area contributed by atoms with E-state index >= 15 is 0 Å². The number of aliphatic hydroxyl groups excluding tert-OH is 1. The van der Waals surface area contributed by atoms with Crippen molar-refractivity contribution in [2.24, 2.45) is 10.2 Å². The molecule has 199 valence electrons. The van der Waals surface area contributed by atoms with Gasteiger partial charge < -0.3 is 19.5 Å². The molecular weight excluding hydrogens is 525 g/mol. The zero-order valence-corrected chi connectivity index (χ0v) is 22.9. The van der Waals surface area contributed by atoms with E-state index in [4.69, 9.17) is 9.47 Å². The summed E-state index contributed by atoms with van der Waals surface area (Å²) in [6.45, 7) is 5.02. The smallest absolute Gasteiger partial charge is 0.337 e. The minimum absolute atomic E-state index is 0. The van der Waals surface area contributed by atoms with Crippen LogP contribution in [0, 0.1) is 0 Å². The molecule has 0 spiro atoms. The average molecular weight is 557 g/mol. The van der Waals surface area contributed by atoms with Gasteiger partial charge in [0.2, 0.25) is 5.90 Å². The SMILES string of the molecule is CCN1\C(=C/C=N/N=C(\O)c2ccccc2)C(C)(Cc2cccc(C(=O)OC)c2)c2cc(OC)ccc21.[Co]. The third kappa shape index (κ3) is 5.82. The summed E-state index contributed by atoms with van der Waals surface area (Å²) in [5.74, 6) is 0.260. The van der Waals surface area contributed by atoms with Crippen LogP contribution in [0.1, 0.15) is 40.9 Å². The summed E-state index contributed by atoms with van der Waals surface area (Å²) in [5.41, 5.74) is 4.89. The monoisotopic (exact) mass is 556 g/mol. The number of allylic oxidation sites excluding steroid dienone is 2. The van der Waals surface area contributed by atoms with E-state index < -0.39 is 5.41 Å². The predicted molar refractivity (Wildman–Crippen MR) is 147 cm³/mol. The Bertz CT molecular complexity index is 1370. The fourth-order valence-electron chi connectivity index (χ4n) is 4.86. The number of anilines is 1. The molecule has 1 aliphatic rings. The van der Waals surface area contributed by atoms with Gasteiger partial charge in [-0.15, -0.1) is 5.10 Å². The summed E-state index contributed by atoms with van der Waals surface area (Å²) in [7, 11) is 3.04. The second-order valence-corrected chi connectivity index (χ2v) is 8.93. The van der Waals surface area contributed by atoms with Crippen molar-refractivity contribution in [1.82, 2.24) is 0 Å². The number of rotatable bonds is 8. The summed E-state index contributed by atoms with van der Waals surface area (Å²) in [6, 6.07) is 22.7.